The first-order chi connectivity index (χ1) is 34.5. The van der Waals surface area contributed by atoms with E-state index in [1.807, 2.05) is 51.2 Å². The van der Waals surface area contributed by atoms with E-state index in [1.165, 1.54) is 21.1 Å². The molecule has 4 N–H and O–H groups in total. The second kappa shape index (κ2) is 28.3. The van der Waals surface area contributed by atoms with E-state index in [9.17, 15) is 49.2 Å². The van der Waals surface area contributed by atoms with E-state index >= 15 is 0 Å². The van der Waals surface area contributed by atoms with Gasteiger partial charge in [-0.15, -0.1) is 0 Å². The first kappa shape index (κ1) is 61.6. The Morgan fingerprint density at radius 2 is 1.56 bits per heavy atom. The zero-order valence-corrected chi connectivity index (χ0v) is 45.3. The van der Waals surface area contributed by atoms with Crippen LogP contribution in [0.2, 0.25) is 0 Å². The molecule has 0 aromatic carbocycles. The monoisotopic (exact) mass is 1030 g/mol. The number of carbonyl (C=O) groups is 6. The van der Waals surface area contributed by atoms with Crippen LogP contribution in [0.5, 0.6) is 0 Å². The maximum Gasteiger partial charge on any atom is 0.329 e. The number of fused-ring (bicyclic) bond motifs is 3. The largest absolute Gasteiger partial charge is 0.460 e. The number of ketones is 3. The van der Waals surface area contributed by atoms with E-state index in [0.717, 1.165) is 10.5 Å². The van der Waals surface area contributed by atoms with Gasteiger partial charge in [-0.05, 0) is 114 Å². The van der Waals surface area contributed by atoms with Crippen LogP contribution in [0, 0.1) is 40.9 Å². The second-order valence-corrected chi connectivity index (χ2v) is 21.8. The quantitative estimate of drug-likeness (QED) is 0.116. The summed E-state index contributed by atoms with van der Waals surface area (Å²) in [5.74, 6) is -9.36. The Kier molecular flexibility index (Phi) is 23.9. The third kappa shape index (κ3) is 16.0. The van der Waals surface area contributed by atoms with E-state index in [4.69, 9.17) is 28.4 Å². The van der Waals surface area contributed by atoms with Gasteiger partial charge in [-0.3, -0.25) is 24.0 Å². The molecule has 2 bridgehead atoms. The van der Waals surface area contributed by atoms with Gasteiger partial charge >= 0.3 is 11.9 Å². The van der Waals surface area contributed by atoms with Crippen LogP contribution in [0.25, 0.3) is 0 Å². The Morgan fingerprint density at radius 3 is 2.21 bits per heavy atom. The van der Waals surface area contributed by atoms with Crippen molar-refractivity contribution in [2.45, 2.75) is 187 Å². The number of methoxy groups -OCH3 is 3. The van der Waals surface area contributed by atoms with Crippen molar-refractivity contribution >= 4 is 35.2 Å². The van der Waals surface area contributed by atoms with Gasteiger partial charge in [-0.1, -0.05) is 71.1 Å². The number of rotatable bonds is 10. The topological polar surface area (TPSA) is 242 Å². The Balaban J connectivity index is 1.69. The number of aliphatic hydroxyl groups is 4. The Bertz CT molecular complexity index is 2010. The molecule has 1 saturated carbocycles. The van der Waals surface area contributed by atoms with Crippen molar-refractivity contribution < 1.29 is 77.6 Å². The number of allylic oxidation sites excluding steroid dienone is 6. The molecule has 17 nitrogen and oxygen atoms in total. The first-order valence-corrected chi connectivity index (χ1v) is 26.4. The normalized spacial score (nSPS) is 36.3. The molecule has 2 saturated heterocycles. The number of hydrogen-bond donors (Lipinski definition) is 4. The van der Waals surface area contributed by atoms with Crippen LogP contribution in [0.15, 0.2) is 47.6 Å². The molecular weight excluding hydrogens is 943 g/mol. The third-order valence-corrected chi connectivity index (χ3v) is 15.9. The van der Waals surface area contributed by atoms with Crippen molar-refractivity contribution in [2.24, 2.45) is 40.9 Å². The van der Waals surface area contributed by atoms with Crippen LogP contribution >= 0.6 is 0 Å². The number of ether oxygens (including phenoxy) is 6. The maximum atomic E-state index is 14.5. The van der Waals surface area contributed by atoms with Gasteiger partial charge < -0.3 is 53.7 Å². The minimum atomic E-state index is -2.47. The summed E-state index contributed by atoms with van der Waals surface area (Å²) in [6.07, 6.45) is 9.76. The maximum absolute atomic E-state index is 14.5. The molecule has 4 aliphatic rings. The average Bonchev–Trinajstić information content (AvgIpc) is 3.37. The van der Waals surface area contributed by atoms with Crippen molar-refractivity contribution in [3.05, 3.63) is 47.6 Å². The first-order valence-electron chi connectivity index (χ1n) is 26.4. The highest BCUT2D eigenvalue weighted by molar-refractivity contribution is 6.39. The lowest BCUT2D eigenvalue weighted by atomic mass is 9.78. The summed E-state index contributed by atoms with van der Waals surface area (Å²) in [6.45, 7) is 12.7. The van der Waals surface area contributed by atoms with Crippen LogP contribution in [-0.4, -0.2) is 156 Å². The molecule has 3 fully saturated rings. The lowest BCUT2D eigenvalue weighted by Crippen LogP contribution is -2.61. The van der Waals surface area contributed by atoms with Crippen molar-refractivity contribution in [3.63, 3.8) is 0 Å². The van der Waals surface area contributed by atoms with Gasteiger partial charge in [0.2, 0.25) is 5.79 Å². The SMILES string of the molecule is CO[C@H]1C[C@@H]2CC[C@@H](C)[C@@](O)(O2)C(=O)C(=O)N2CCCC[C@H]2C(=O)O[C@H]([C@H](C)C[C@@H]2CC[C@@H](OC(=O)C(C)(CO)CO)[C@H](OC)C2)CC(=O)C(C)/C=C(\C)[C@@H](O)[C@@H](OC)C(=O)[C@H](C)C[C@H](C)/C=C/C=CC=C1C. The highest BCUT2D eigenvalue weighted by Crippen LogP contribution is 2.38. The van der Waals surface area contributed by atoms with Crippen molar-refractivity contribution in [2.75, 3.05) is 41.1 Å². The number of esters is 2. The van der Waals surface area contributed by atoms with Crippen LogP contribution in [-0.2, 0) is 57.2 Å². The van der Waals surface area contributed by atoms with Gasteiger partial charge in [0.15, 0.2) is 5.78 Å². The number of aliphatic hydroxyl groups excluding tert-OH is 3. The summed E-state index contributed by atoms with van der Waals surface area (Å²) in [6, 6.07) is -1.20. The summed E-state index contributed by atoms with van der Waals surface area (Å²) in [5.41, 5.74) is -0.277. The fraction of sp³-hybridized carbons (Fsp3) is 0.750. The molecule has 0 radical (unpaired) electrons. The number of carbonyl (C=O) groups excluding carboxylic acids is 6. The van der Waals surface area contributed by atoms with Crippen molar-refractivity contribution in [3.8, 4) is 0 Å². The zero-order valence-electron chi connectivity index (χ0n) is 45.3. The third-order valence-electron chi connectivity index (χ3n) is 15.9. The van der Waals surface area contributed by atoms with Gasteiger partial charge in [0, 0.05) is 58.5 Å². The fourth-order valence-corrected chi connectivity index (χ4v) is 10.7. The van der Waals surface area contributed by atoms with Crippen LogP contribution in [0.4, 0.5) is 0 Å². The van der Waals surface area contributed by atoms with Gasteiger partial charge in [-0.2, -0.15) is 0 Å². The molecule has 1 unspecified atom stereocenters. The molecule has 3 aliphatic heterocycles. The molecule has 1 amide bonds. The summed E-state index contributed by atoms with van der Waals surface area (Å²) in [4.78, 5) is 85.4. The number of piperidine rings is 1. The molecule has 0 aromatic heterocycles. The van der Waals surface area contributed by atoms with E-state index in [1.54, 1.807) is 40.9 Å². The molecule has 4 rings (SSSR count). The van der Waals surface area contributed by atoms with Crippen molar-refractivity contribution in [1.29, 1.82) is 0 Å². The highest BCUT2D eigenvalue weighted by atomic mass is 16.6. The van der Waals surface area contributed by atoms with Gasteiger partial charge in [0.05, 0.1) is 31.5 Å². The average molecular weight is 1030 g/mol. The molecule has 15 atom stereocenters. The van der Waals surface area contributed by atoms with E-state index in [2.05, 4.69) is 0 Å². The number of cyclic esters (lactones) is 1. The number of amides is 1. The van der Waals surface area contributed by atoms with Crippen LogP contribution in [0.3, 0.4) is 0 Å². The van der Waals surface area contributed by atoms with Crippen LogP contribution < -0.4 is 0 Å². The Labute approximate surface area is 433 Å². The Morgan fingerprint density at radius 1 is 0.863 bits per heavy atom. The predicted octanol–water partition coefficient (Wildman–Crippen LogP) is 5.72. The Hall–Kier alpha value is -3.94. The standard InChI is InChI=1S/C56H87NO16/c1-33-17-13-12-14-18-34(2)45(68-9)29-41-22-20-39(7)56(67,73-41)51(63)52(64)57-24-16-15-19-42(57)53(65)71-46(30-43(60)35(3)26-38(6)49(62)50(70-11)48(61)37(5)25-33)36(4)27-40-21-23-44(47(28-40)69-10)72-54(66)55(8,31-58)32-59/h12-14,17-18,26,33,35-37,39-42,44-47,49-50,58-59,62,67H,15-16,19-25,27-32H2,1-11H3/b14-12?,17-13+,34-18?,38-26+/t33-,35?,36-,37-,39-,40+,41+,42+,44-,45+,46+,47-,49-,50+,56-/m1/s1. The lowest BCUT2D eigenvalue weighted by molar-refractivity contribution is -0.265. The smallest absolute Gasteiger partial charge is 0.329 e. The van der Waals surface area contributed by atoms with Gasteiger partial charge in [0.25, 0.3) is 11.7 Å². The zero-order chi connectivity index (χ0) is 54.4. The molecule has 412 valence electrons. The molecule has 0 spiro atoms. The molecule has 3 heterocycles. The summed E-state index contributed by atoms with van der Waals surface area (Å²) in [7, 11) is 4.43. The second-order valence-electron chi connectivity index (χ2n) is 21.8. The highest BCUT2D eigenvalue weighted by Gasteiger charge is 2.53. The van der Waals surface area contributed by atoms with Crippen LogP contribution in [0.1, 0.15) is 132 Å². The number of Topliss-reactive ketones (excluding diaryl/α,β-unsaturated/α-hetero) is 3. The number of hydrogen-bond acceptors (Lipinski definition) is 16. The van der Waals surface area contributed by atoms with E-state index in [-0.39, 0.29) is 42.8 Å². The van der Waals surface area contributed by atoms with Gasteiger partial charge in [-0.25, -0.2) is 4.79 Å². The molecule has 1 aliphatic carbocycles. The molecule has 17 heteroatoms. The van der Waals surface area contributed by atoms with E-state index < -0.39 is 120 Å². The lowest BCUT2D eigenvalue weighted by Gasteiger charge is -2.42. The summed E-state index contributed by atoms with van der Waals surface area (Å²) >= 11 is 0. The molecule has 73 heavy (non-hydrogen) atoms. The number of nitrogens with zero attached hydrogens (tertiary/aromatic N) is 1. The van der Waals surface area contributed by atoms with Gasteiger partial charge in [0.1, 0.15) is 41.7 Å². The summed E-state index contributed by atoms with van der Waals surface area (Å²) in [5, 5.41) is 43.1. The molecular formula is C56H87NO16. The minimum Gasteiger partial charge on any atom is -0.460 e. The minimum absolute atomic E-state index is 0.00697. The molecule has 0 aromatic rings. The predicted molar refractivity (Wildman–Crippen MR) is 271 cm³/mol. The fourth-order valence-electron chi connectivity index (χ4n) is 10.7. The summed E-state index contributed by atoms with van der Waals surface area (Å²) < 4.78 is 35.4. The van der Waals surface area contributed by atoms with Crippen molar-refractivity contribution in [1.82, 2.24) is 4.90 Å². The van der Waals surface area contributed by atoms with E-state index in [0.29, 0.717) is 69.8 Å².